The Morgan fingerprint density at radius 3 is 2.44 bits per heavy atom. The SMILES string of the molecule is CCOC(=O)C1(CC)OC1(C)c1ccc(I)cc1. The molecule has 1 saturated heterocycles. The molecule has 1 aromatic carbocycles. The minimum atomic E-state index is -0.810. The molecular weight excluding hydrogens is 343 g/mol. The highest BCUT2D eigenvalue weighted by atomic mass is 127. The van der Waals surface area contributed by atoms with Crippen molar-refractivity contribution < 1.29 is 14.3 Å². The molecule has 1 aliphatic heterocycles. The summed E-state index contributed by atoms with van der Waals surface area (Å²) in [6.07, 6.45) is 0.619. The third-order valence-electron chi connectivity index (χ3n) is 3.61. The Bertz CT molecular complexity index is 457. The molecule has 2 atom stereocenters. The van der Waals surface area contributed by atoms with Crippen molar-refractivity contribution in [3.8, 4) is 0 Å². The second-order valence-electron chi connectivity index (χ2n) is 4.54. The molecule has 0 N–H and O–H groups in total. The normalized spacial score (nSPS) is 30.0. The van der Waals surface area contributed by atoms with Crippen LogP contribution in [-0.4, -0.2) is 18.2 Å². The van der Waals surface area contributed by atoms with E-state index in [1.807, 2.05) is 45.0 Å². The third kappa shape index (κ3) is 1.95. The number of benzene rings is 1. The van der Waals surface area contributed by atoms with Crippen molar-refractivity contribution in [1.82, 2.24) is 0 Å². The van der Waals surface area contributed by atoms with Crippen LogP contribution in [0.2, 0.25) is 0 Å². The van der Waals surface area contributed by atoms with Gasteiger partial charge in [0.1, 0.15) is 5.60 Å². The maximum absolute atomic E-state index is 12.1. The number of carbonyl (C=O) groups is 1. The second kappa shape index (κ2) is 4.81. The predicted molar refractivity (Wildman–Crippen MR) is 77.3 cm³/mol. The van der Waals surface area contributed by atoms with Gasteiger partial charge in [0.15, 0.2) is 5.60 Å². The van der Waals surface area contributed by atoms with Gasteiger partial charge >= 0.3 is 5.97 Å². The van der Waals surface area contributed by atoms with Gasteiger partial charge in [-0.2, -0.15) is 0 Å². The van der Waals surface area contributed by atoms with E-state index in [2.05, 4.69) is 22.6 Å². The zero-order valence-electron chi connectivity index (χ0n) is 10.8. The number of halogens is 1. The number of rotatable bonds is 4. The first-order valence-electron chi connectivity index (χ1n) is 6.13. The molecule has 0 aromatic heterocycles. The molecule has 4 heteroatoms. The molecule has 98 valence electrons. The van der Waals surface area contributed by atoms with Gasteiger partial charge in [0, 0.05) is 3.57 Å². The molecule has 0 aliphatic carbocycles. The van der Waals surface area contributed by atoms with Gasteiger partial charge < -0.3 is 9.47 Å². The molecular formula is C14H17IO3. The van der Waals surface area contributed by atoms with E-state index in [0.717, 1.165) is 5.56 Å². The van der Waals surface area contributed by atoms with Crippen molar-refractivity contribution >= 4 is 28.6 Å². The predicted octanol–water partition coefficient (Wildman–Crippen LogP) is 3.25. The zero-order chi connectivity index (χ0) is 13.4. The van der Waals surface area contributed by atoms with Crippen LogP contribution in [0.25, 0.3) is 0 Å². The van der Waals surface area contributed by atoms with Crippen molar-refractivity contribution in [2.75, 3.05) is 6.61 Å². The van der Waals surface area contributed by atoms with E-state index in [9.17, 15) is 4.79 Å². The lowest BCUT2D eigenvalue weighted by Crippen LogP contribution is -2.32. The molecule has 0 amide bonds. The van der Waals surface area contributed by atoms with Crippen molar-refractivity contribution in [3.05, 3.63) is 33.4 Å². The van der Waals surface area contributed by atoms with Crippen LogP contribution in [0.4, 0.5) is 0 Å². The van der Waals surface area contributed by atoms with Gasteiger partial charge in [-0.15, -0.1) is 0 Å². The maximum atomic E-state index is 12.1. The largest absolute Gasteiger partial charge is 0.464 e. The lowest BCUT2D eigenvalue weighted by atomic mass is 9.86. The summed E-state index contributed by atoms with van der Waals surface area (Å²) in [6.45, 7) is 6.10. The van der Waals surface area contributed by atoms with Crippen LogP contribution < -0.4 is 0 Å². The molecule has 2 unspecified atom stereocenters. The van der Waals surface area contributed by atoms with Crippen LogP contribution in [0.1, 0.15) is 32.8 Å². The maximum Gasteiger partial charge on any atom is 0.341 e. The molecule has 1 heterocycles. The van der Waals surface area contributed by atoms with Crippen molar-refractivity contribution in [2.45, 2.75) is 38.4 Å². The van der Waals surface area contributed by atoms with E-state index in [0.29, 0.717) is 13.0 Å². The highest BCUT2D eigenvalue weighted by molar-refractivity contribution is 14.1. The molecule has 0 bridgehead atoms. The lowest BCUT2D eigenvalue weighted by Gasteiger charge is -2.14. The lowest BCUT2D eigenvalue weighted by molar-refractivity contribution is -0.149. The standard InChI is InChI=1S/C14H17IO3/c1-4-14(12(16)17-5-2)13(3,18-14)10-6-8-11(15)9-7-10/h6-9H,4-5H2,1-3H3. The van der Waals surface area contributed by atoms with Gasteiger partial charge in [-0.25, -0.2) is 4.79 Å². The Balaban J connectivity index is 2.29. The number of ether oxygens (including phenoxy) is 2. The number of carbonyl (C=O) groups excluding carboxylic acids is 1. The van der Waals surface area contributed by atoms with Crippen molar-refractivity contribution in [2.24, 2.45) is 0 Å². The summed E-state index contributed by atoms with van der Waals surface area (Å²) in [6, 6.07) is 8.07. The van der Waals surface area contributed by atoms with Gasteiger partial charge in [0.05, 0.1) is 6.61 Å². The fraction of sp³-hybridized carbons (Fsp3) is 0.500. The molecule has 0 saturated carbocycles. The average Bonchev–Trinajstić information content (AvgIpc) is 2.99. The minimum Gasteiger partial charge on any atom is -0.464 e. The summed E-state index contributed by atoms with van der Waals surface area (Å²) in [5, 5.41) is 0. The Morgan fingerprint density at radius 1 is 1.33 bits per heavy atom. The van der Waals surface area contributed by atoms with Crippen molar-refractivity contribution in [1.29, 1.82) is 0 Å². The van der Waals surface area contributed by atoms with Crippen molar-refractivity contribution in [3.63, 3.8) is 0 Å². The fourth-order valence-corrected chi connectivity index (χ4v) is 2.78. The van der Waals surface area contributed by atoms with Gasteiger partial charge in [-0.05, 0) is 60.6 Å². The number of hydrogen-bond donors (Lipinski definition) is 0. The topological polar surface area (TPSA) is 38.8 Å². The Labute approximate surface area is 121 Å². The van der Waals surface area contributed by atoms with Gasteiger partial charge in [-0.3, -0.25) is 0 Å². The molecule has 0 radical (unpaired) electrons. The first-order valence-corrected chi connectivity index (χ1v) is 7.21. The number of esters is 1. The van der Waals surface area contributed by atoms with E-state index < -0.39 is 11.2 Å². The quantitative estimate of drug-likeness (QED) is 0.470. The molecule has 1 aliphatic rings. The zero-order valence-corrected chi connectivity index (χ0v) is 13.0. The first kappa shape index (κ1) is 13.8. The average molecular weight is 360 g/mol. The first-order chi connectivity index (χ1) is 8.50. The molecule has 2 rings (SSSR count). The molecule has 1 fully saturated rings. The van der Waals surface area contributed by atoms with Crippen LogP contribution in [0.3, 0.4) is 0 Å². The molecule has 1 aromatic rings. The summed E-state index contributed by atoms with van der Waals surface area (Å²) in [7, 11) is 0. The van der Waals surface area contributed by atoms with E-state index >= 15 is 0 Å². The third-order valence-corrected chi connectivity index (χ3v) is 4.32. The van der Waals surface area contributed by atoms with E-state index in [-0.39, 0.29) is 5.97 Å². The van der Waals surface area contributed by atoms with Crippen LogP contribution in [0.15, 0.2) is 24.3 Å². The van der Waals surface area contributed by atoms with Gasteiger partial charge in [-0.1, -0.05) is 19.1 Å². The van der Waals surface area contributed by atoms with Gasteiger partial charge in [0.2, 0.25) is 0 Å². The van der Waals surface area contributed by atoms with Crippen LogP contribution in [0.5, 0.6) is 0 Å². The Morgan fingerprint density at radius 2 is 1.94 bits per heavy atom. The van der Waals surface area contributed by atoms with E-state index in [1.165, 1.54) is 3.57 Å². The Kier molecular flexibility index (Phi) is 3.69. The minimum absolute atomic E-state index is 0.256. The summed E-state index contributed by atoms with van der Waals surface area (Å²) in [5.74, 6) is -0.256. The molecule has 18 heavy (non-hydrogen) atoms. The van der Waals surface area contributed by atoms with Crippen LogP contribution >= 0.6 is 22.6 Å². The van der Waals surface area contributed by atoms with E-state index in [4.69, 9.17) is 9.47 Å². The Hall–Kier alpha value is -0.620. The summed E-state index contributed by atoms with van der Waals surface area (Å²) < 4.78 is 12.1. The van der Waals surface area contributed by atoms with Crippen LogP contribution in [0, 0.1) is 3.57 Å². The highest BCUT2D eigenvalue weighted by Crippen LogP contribution is 2.58. The summed E-state index contributed by atoms with van der Waals surface area (Å²) >= 11 is 2.26. The van der Waals surface area contributed by atoms with E-state index in [1.54, 1.807) is 0 Å². The van der Waals surface area contributed by atoms with Crippen LogP contribution in [-0.2, 0) is 19.9 Å². The second-order valence-corrected chi connectivity index (χ2v) is 5.79. The van der Waals surface area contributed by atoms with Gasteiger partial charge in [0.25, 0.3) is 0 Å². The summed E-state index contributed by atoms with van der Waals surface area (Å²) in [5.41, 5.74) is -0.341. The summed E-state index contributed by atoms with van der Waals surface area (Å²) in [4.78, 5) is 12.1. The number of hydrogen-bond acceptors (Lipinski definition) is 3. The highest BCUT2D eigenvalue weighted by Gasteiger charge is 2.72. The molecule has 3 nitrogen and oxygen atoms in total. The fourth-order valence-electron chi connectivity index (χ4n) is 2.42. The molecule has 0 spiro atoms. The number of epoxide rings is 1. The monoisotopic (exact) mass is 360 g/mol. The smallest absolute Gasteiger partial charge is 0.341 e.